The van der Waals surface area contributed by atoms with Crippen molar-refractivity contribution in [2.24, 2.45) is 5.28 Å². The van der Waals surface area contributed by atoms with Crippen LogP contribution in [0.25, 0.3) is 10.9 Å². The number of rotatable bonds is 10. The fourth-order valence-corrected chi connectivity index (χ4v) is 3.80. The van der Waals surface area contributed by atoms with E-state index in [-0.39, 0.29) is 12.3 Å². The lowest BCUT2D eigenvalue weighted by Crippen LogP contribution is -2.30. The average Bonchev–Trinajstić information content (AvgIpc) is 3.12. The van der Waals surface area contributed by atoms with Gasteiger partial charge in [0, 0.05) is 21.7 Å². The van der Waals surface area contributed by atoms with E-state index in [1.807, 2.05) is 0 Å². The van der Waals surface area contributed by atoms with E-state index in [1.165, 1.54) is 12.1 Å². The molecule has 0 bridgehead atoms. The number of halogens is 1. The van der Waals surface area contributed by atoms with Crippen LogP contribution in [0, 0.1) is 12.1 Å². The summed E-state index contributed by atoms with van der Waals surface area (Å²) in [6.45, 7) is 5.74. The Hall–Kier alpha value is -3.79. The fourth-order valence-electron chi connectivity index (χ4n) is 3.67. The smallest absolute Gasteiger partial charge is 0.313 e. The van der Waals surface area contributed by atoms with Crippen molar-refractivity contribution in [2.45, 2.75) is 27.2 Å². The molecule has 0 radical (unpaired) electrons. The molecule has 186 valence electrons. The summed E-state index contributed by atoms with van der Waals surface area (Å²) in [5.41, 5.74) is 2.27. The van der Waals surface area contributed by atoms with Crippen LogP contribution < -0.4 is 4.74 Å². The first kappa shape index (κ1) is 25.8. The van der Waals surface area contributed by atoms with Gasteiger partial charge in [-0.05, 0) is 68.8 Å². The predicted octanol–water partition coefficient (Wildman–Crippen LogP) is 4.49. The van der Waals surface area contributed by atoms with Gasteiger partial charge in [0.15, 0.2) is 0 Å². The molecule has 0 saturated carbocycles. The van der Waals surface area contributed by atoms with Gasteiger partial charge in [-0.2, -0.15) is 0 Å². The quantitative estimate of drug-likeness (QED) is 0.100. The summed E-state index contributed by atoms with van der Waals surface area (Å²) in [7, 11) is 1.54. The highest BCUT2D eigenvalue weighted by Crippen LogP contribution is 2.31. The average molecular weight is 503 g/mol. The molecule has 0 unspecified atom stereocenters. The first-order chi connectivity index (χ1) is 16.8. The minimum absolute atomic E-state index is 0.128. The van der Waals surface area contributed by atoms with Gasteiger partial charge in [-0.25, -0.2) is 0 Å². The summed E-state index contributed by atoms with van der Waals surface area (Å²) in [5, 5.41) is 17.7. The lowest BCUT2D eigenvalue weighted by molar-refractivity contribution is -0.710. The summed E-state index contributed by atoms with van der Waals surface area (Å²) in [6, 6.07) is 11.9. The molecule has 3 rings (SSSR count). The van der Waals surface area contributed by atoms with Crippen LogP contribution in [-0.2, 0) is 20.8 Å². The zero-order valence-electron chi connectivity index (χ0n) is 20.0. The number of nitrogens with zero attached hydrogens (tertiary/aromatic N) is 4. The van der Waals surface area contributed by atoms with Crippen molar-refractivity contribution in [1.82, 2.24) is 9.58 Å². The van der Waals surface area contributed by atoms with Crippen molar-refractivity contribution in [1.29, 1.82) is 0 Å². The van der Waals surface area contributed by atoms with Crippen LogP contribution in [0.3, 0.4) is 0 Å². The number of hydrogen-bond acceptors (Lipinski definition) is 7. The van der Waals surface area contributed by atoms with Crippen LogP contribution in [0.2, 0.25) is 5.02 Å². The lowest BCUT2D eigenvalue weighted by Gasteiger charge is -2.13. The summed E-state index contributed by atoms with van der Waals surface area (Å²) in [5.74, 6) is -0.287. The molecular formula is C24H27ClN4O6. The molecule has 35 heavy (non-hydrogen) atoms. The molecule has 0 saturated heterocycles. The number of esters is 1. The van der Waals surface area contributed by atoms with E-state index in [1.54, 1.807) is 67.8 Å². The monoisotopic (exact) mass is 502 g/mol. The Balaban J connectivity index is 1.84. The number of hydrogen-bond donors (Lipinski definition) is 0. The fraction of sp³-hybridized carbons (Fsp3) is 0.333. The van der Waals surface area contributed by atoms with Crippen LogP contribution in [0.4, 0.5) is 0 Å². The summed E-state index contributed by atoms with van der Waals surface area (Å²) in [4.78, 5) is 31.0. The molecule has 10 nitrogen and oxygen atoms in total. The molecule has 0 aliphatic rings. The molecule has 1 heterocycles. The van der Waals surface area contributed by atoms with Crippen LogP contribution in [0.15, 0.2) is 47.7 Å². The first-order valence-corrected chi connectivity index (χ1v) is 11.4. The van der Waals surface area contributed by atoms with Crippen LogP contribution in [-0.4, -0.2) is 53.4 Å². The van der Waals surface area contributed by atoms with Gasteiger partial charge in [0.25, 0.3) is 12.7 Å². The number of ether oxygens (including phenoxy) is 2. The van der Waals surface area contributed by atoms with Gasteiger partial charge in [-0.3, -0.25) is 14.2 Å². The van der Waals surface area contributed by atoms with Crippen LogP contribution in [0.1, 0.15) is 35.5 Å². The molecule has 0 aliphatic carbocycles. The van der Waals surface area contributed by atoms with Gasteiger partial charge in [-0.1, -0.05) is 11.6 Å². The molecule has 0 spiro atoms. The molecule has 0 N–H and O–H groups in total. The normalized spacial score (nSPS) is 11.4. The molecule has 0 amide bonds. The Morgan fingerprint density at radius 2 is 1.83 bits per heavy atom. The highest BCUT2D eigenvalue weighted by Gasteiger charge is 2.22. The Morgan fingerprint density at radius 1 is 1.14 bits per heavy atom. The third kappa shape index (κ3) is 5.83. The minimum atomic E-state index is -0.607. The van der Waals surface area contributed by atoms with Crippen LogP contribution in [0.5, 0.6) is 5.75 Å². The number of methoxy groups -OCH3 is 1. The second-order valence-electron chi connectivity index (χ2n) is 7.51. The van der Waals surface area contributed by atoms with Gasteiger partial charge >= 0.3 is 5.97 Å². The third-order valence-electron chi connectivity index (χ3n) is 5.53. The molecule has 0 fully saturated rings. The second kappa shape index (κ2) is 11.6. The van der Waals surface area contributed by atoms with E-state index in [0.717, 1.165) is 0 Å². The molecule has 0 aliphatic heterocycles. The third-order valence-corrected chi connectivity index (χ3v) is 5.78. The Morgan fingerprint density at radius 3 is 2.46 bits per heavy atom. The number of carbonyl (C=O) groups is 2. The Kier molecular flexibility index (Phi) is 8.53. The molecule has 11 heteroatoms. The summed E-state index contributed by atoms with van der Waals surface area (Å²) < 4.78 is 12.0. The van der Waals surface area contributed by atoms with E-state index in [4.69, 9.17) is 25.9 Å². The highest BCUT2D eigenvalue weighted by atomic mass is 35.5. The van der Waals surface area contributed by atoms with Gasteiger partial charge in [0.2, 0.25) is 5.28 Å². The molecule has 1 aromatic heterocycles. The standard InChI is InChI=1S/C24H27ClN4O6/c1-5-27(6-2)29(32)26-35-15-34-23(30)14-20-16(3)28(22-12-11-19(33-4)13-21(20)22)24(31)17-7-9-18(25)10-8-17/h7-13H,5-6,14-15H2,1-4H3/b29-26-. The zero-order chi connectivity index (χ0) is 25.5. The Bertz CT molecular complexity index is 1240. The van der Waals surface area contributed by atoms with E-state index >= 15 is 0 Å². The van der Waals surface area contributed by atoms with Gasteiger partial charge in [0.1, 0.15) is 5.75 Å². The topological polar surface area (TPSA) is 108 Å². The number of benzene rings is 2. The number of carbonyl (C=O) groups excluding carboxylic acids is 2. The Labute approximate surface area is 207 Å². The SMILES string of the molecule is CCN(CC)/[N+]([O-])=N/OCOC(=O)Cc1c(C)n(C(=O)c2ccc(Cl)cc2)c2ccc(OC)cc12. The predicted molar refractivity (Wildman–Crippen MR) is 129 cm³/mol. The maximum atomic E-state index is 13.3. The van der Waals surface area contributed by atoms with Gasteiger partial charge < -0.3 is 19.5 Å². The van der Waals surface area contributed by atoms with Crippen molar-refractivity contribution in [2.75, 3.05) is 27.0 Å². The first-order valence-electron chi connectivity index (χ1n) is 11.0. The summed E-state index contributed by atoms with van der Waals surface area (Å²) in [6.07, 6.45) is -0.128. The lowest BCUT2D eigenvalue weighted by atomic mass is 10.1. The van der Waals surface area contributed by atoms with E-state index in [9.17, 15) is 14.8 Å². The zero-order valence-corrected chi connectivity index (χ0v) is 20.7. The second-order valence-corrected chi connectivity index (χ2v) is 7.94. The number of aromatic nitrogens is 1. The molecular weight excluding hydrogens is 476 g/mol. The van der Waals surface area contributed by atoms with E-state index in [0.29, 0.717) is 56.6 Å². The minimum Gasteiger partial charge on any atom is -0.569 e. The van der Waals surface area contributed by atoms with E-state index < -0.39 is 12.8 Å². The van der Waals surface area contributed by atoms with Crippen LogP contribution >= 0.6 is 11.6 Å². The van der Waals surface area contributed by atoms with Gasteiger partial charge in [-0.15, -0.1) is 5.01 Å². The number of hydrazine groups is 1. The number of fused-ring (bicyclic) bond motifs is 1. The van der Waals surface area contributed by atoms with E-state index in [2.05, 4.69) is 5.28 Å². The van der Waals surface area contributed by atoms with Gasteiger partial charge in [0.05, 0.1) is 37.1 Å². The van der Waals surface area contributed by atoms with Crippen molar-refractivity contribution < 1.29 is 28.9 Å². The molecule has 0 atom stereocenters. The highest BCUT2D eigenvalue weighted by molar-refractivity contribution is 6.30. The van der Waals surface area contributed by atoms with Crippen molar-refractivity contribution in [3.8, 4) is 5.75 Å². The maximum absolute atomic E-state index is 13.3. The summed E-state index contributed by atoms with van der Waals surface area (Å²) >= 11 is 5.96. The van der Waals surface area contributed by atoms with Crippen molar-refractivity contribution in [3.63, 3.8) is 0 Å². The maximum Gasteiger partial charge on any atom is 0.313 e. The largest absolute Gasteiger partial charge is 0.569 e. The molecule has 2 aromatic carbocycles. The van der Waals surface area contributed by atoms with Crippen molar-refractivity contribution >= 4 is 34.4 Å². The van der Waals surface area contributed by atoms with Crippen molar-refractivity contribution in [3.05, 3.63) is 69.5 Å². The molecule has 3 aromatic rings.